The number of alkyl halides is 3. The van der Waals surface area contributed by atoms with Crippen molar-refractivity contribution >= 4 is 44.7 Å². The first-order chi connectivity index (χ1) is 16.0. The Kier molecular flexibility index (Phi) is 6.68. The summed E-state index contributed by atoms with van der Waals surface area (Å²) in [6, 6.07) is 5.92. The second kappa shape index (κ2) is 9.38. The average Bonchev–Trinajstić information content (AvgIpc) is 3.36. The zero-order valence-electron chi connectivity index (χ0n) is 18.7. The monoisotopic (exact) mass is 493 g/mol. The number of anilines is 3. The summed E-state index contributed by atoms with van der Waals surface area (Å²) in [6.07, 6.45) is -0.0523. The summed E-state index contributed by atoms with van der Waals surface area (Å²) in [7, 11) is 0. The average molecular weight is 494 g/mol. The number of benzene rings is 1. The van der Waals surface area contributed by atoms with Gasteiger partial charge in [0.25, 0.3) is 11.8 Å². The number of halogens is 3. The van der Waals surface area contributed by atoms with Gasteiger partial charge in [0.2, 0.25) is 0 Å². The van der Waals surface area contributed by atoms with Gasteiger partial charge in [0.05, 0.1) is 45.2 Å². The summed E-state index contributed by atoms with van der Waals surface area (Å²) in [4.78, 5) is 21.3. The number of thiazole rings is 1. The highest BCUT2D eigenvalue weighted by molar-refractivity contribution is 7.16. The molecule has 0 spiro atoms. The molecule has 1 aromatic carbocycles. The molecule has 2 unspecified atom stereocenters. The maximum Gasteiger partial charge on any atom is 0.267 e. The van der Waals surface area contributed by atoms with Gasteiger partial charge < -0.3 is 21.1 Å². The van der Waals surface area contributed by atoms with Crippen LogP contribution in [0.4, 0.5) is 30.4 Å². The van der Waals surface area contributed by atoms with Crippen LogP contribution in [-0.4, -0.2) is 51.3 Å². The van der Waals surface area contributed by atoms with Crippen LogP contribution < -0.4 is 16.0 Å². The molecule has 11 heteroatoms. The molecule has 2 atom stereocenters. The van der Waals surface area contributed by atoms with Crippen LogP contribution in [-0.2, 0) is 0 Å². The molecule has 1 saturated carbocycles. The van der Waals surface area contributed by atoms with Gasteiger partial charge in [0, 0.05) is 24.4 Å². The van der Waals surface area contributed by atoms with Gasteiger partial charge in [-0.05, 0) is 44.9 Å². The van der Waals surface area contributed by atoms with E-state index in [2.05, 4.69) is 25.9 Å². The zero-order valence-corrected chi connectivity index (χ0v) is 19.6. The number of hydrogen-bond donors (Lipinski definition) is 4. The first kappa shape index (κ1) is 24.2. The Morgan fingerprint density at radius 3 is 2.82 bits per heavy atom. The number of aliphatic hydroxyl groups is 1. The predicted molar refractivity (Wildman–Crippen MR) is 127 cm³/mol. The minimum absolute atomic E-state index is 0.00843. The van der Waals surface area contributed by atoms with Crippen molar-refractivity contribution in [2.45, 2.75) is 56.8 Å². The van der Waals surface area contributed by atoms with E-state index in [-0.39, 0.29) is 24.1 Å². The van der Waals surface area contributed by atoms with Crippen LogP contribution in [0.5, 0.6) is 0 Å². The number of aromatic nitrogens is 2. The van der Waals surface area contributed by atoms with Crippen LogP contribution in [0.25, 0.3) is 10.2 Å². The molecule has 4 rings (SSSR count). The van der Waals surface area contributed by atoms with Crippen molar-refractivity contribution in [2.75, 3.05) is 17.2 Å². The van der Waals surface area contributed by atoms with E-state index in [1.54, 1.807) is 5.51 Å². The van der Waals surface area contributed by atoms with Crippen LogP contribution >= 0.6 is 11.3 Å². The number of nitrogens with one attached hydrogen (secondary N) is 3. The Morgan fingerprint density at radius 2 is 2.12 bits per heavy atom. The largest absolute Gasteiger partial charge is 0.387 e. The number of hydrogen-bond acceptors (Lipinski definition) is 7. The molecular weight excluding hydrogens is 467 g/mol. The zero-order chi connectivity index (χ0) is 24.5. The third-order valence-corrected chi connectivity index (χ3v) is 6.59. The molecule has 0 aliphatic heterocycles. The predicted octanol–water partition coefficient (Wildman–Crippen LogP) is 4.87. The SMILES string of the molecule is CC(C)(O)C(F)CNC(=O)c1cnc(Nc2ccc3ncsc3c2)cc1NC1CCCC1(F)F. The fourth-order valence-electron chi connectivity index (χ4n) is 3.72. The van der Waals surface area contributed by atoms with Crippen molar-refractivity contribution in [1.29, 1.82) is 0 Å². The molecule has 1 fully saturated rings. The Hall–Kier alpha value is -2.92. The van der Waals surface area contributed by atoms with Gasteiger partial charge in [-0.25, -0.2) is 23.1 Å². The summed E-state index contributed by atoms with van der Waals surface area (Å²) in [6.45, 7) is 2.16. The fourth-order valence-corrected chi connectivity index (χ4v) is 4.44. The maximum absolute atomic E-state index is 14.3. The molecule has 4 N–H and O–H groups in total. The van der Waals surface area contributed by atoms with E-state index in [9.17, 15) is 23.1 Å². The number of carbonyl (C=O) groups excluding carboxylic acids is 1. The molecule has 1 amide bonds. The Morgan fingerprint density at radius 1 is 1.32 bits per heavy atom. The number of rotatable bonds is 8. The van der Waals surface area contributed by atoms with Gasteiger partial charge >= 0.3 is 0 Å². The van der Waals surface area contributed by atoms with Gasteiger partial charge in [-0.3, -0.25) is 4.79 Å². The Balaban J connectivity index is 1.58. The van der Waals surface area contributed by atoms with Crippen LogP contribution in [0, 0.1) is 0 Å². The van der Waals surface area contributed by atoms with Crippen molar-refractivity contribution in [1.82, 2.24) is 15.3 Å². The van der Waals surface area contributed by atoms with Crippen molar-refractivity contribution in [3.63, 3.8) is 0 Å². The van der Waals surface area contributed by atoms with Crippen LogP contribution in [0.15, 0.2) is 36.0 Å². The van der Waals surface area contributed by atoms with Crippen molar-refractivity contribution < 1.29 is 23.1 Å². The third-order valence-electron chi connectivity index (χ3n) is 5.80. The molecule has 2 aromatic heterocycles. The van der Waals surface area contributed by atoms with Crippen LogP contribution in [0.1, 0.15) is 43.5 Å². The molecule has 2 heterocycles. The Labute approximate surface area is 198 Å². The van der Waals surface area contributed by atoms with Crippen molar-refractivity contribution in [2.24, 2.45) is 0 Å². The first-order valence-corrected chi connectivity index (χ1v) is 11.8. The summed E-state index contributed by atoms with van der Waals surface area (Å²) in [5, 5.41) is 18.1. The lowest BCUT2D eigenvalue weighted by Crippen LogP contribution is -2.42. The molecule has 0 bridgehead atoms. The van der Waals surface area contributed by atoms with Gasteiger partial charge in [0.15, 0.2) is 0 Å². The van der Waals surface area contributed by atoms with Crippen LogP contribution in [0.3, 0.4) is 0 Å². The number of fused-ring (bicyclic) bond motifs is 1. The first-order valence-electron chi connectivity index (χ1n) is 10.9. The van der Waals surface area contributed by atoms with E-state index >= 15 is 0 Å². The third kappa shape index (κ3) is 5.41. The summed E-state index contributed by atoms with van der Waals surface area (Å²) in [5.41, 5.74) is 1.87. The summed E-state index contributed by atoms with van der Waals surface area (Å²) in [5.74, 6) is -3.24. The van der Waals surface area contributed by atoms with E-state index in [0.717, 1.165) is 15.9 Å². The molecule has 34 heavy (non-hydrogen) atoms. The maximum atomic E-state index is 14.3. The van der Waals surface area contributed by atoms with Crippen molar-refractivity contribution in [3.8, 4) is 0 Å². The number of nitrogens with zero attached hydrogens (tertiary/aromatic N) is 2. The van der Waals surface area contributed by atoms with Gasteiger partial charge in [0.1, 0.15) is 12.0 Å². The molecule has 182 valence electrons. The van der Waals surface area contributed by atoms with E-state index in [0.29, 0.717) is 12.2 Å². The molecular formula is C23H26F3N5O2S. The minimum Gasteiger partial charge on any atom is -0.387 e. The van der Waals surface area contributed by atoms with E-state index in [4.69, 9.17) is 0 Å². The fraction of sp³-hybridized carbons (Fsp3) is 0.435. The number of pyridine rings is 1. The van der Waals surface area contributed by atoms with E-state index in [1.807, 2.05) is 18.2 Å². The van der Waals surface area contributed by atoms with Gasteiger partial charge in [-0.1, -0.05) is 0 Å². The second-order valence-electron chi connectivity index (χ2n) is 8.96. The molecule has 1 aliphatic rings. The lowest BCUT2D eigenvalue weighted by Gasteiger charge is -2.24. The van der Waals surface area contributed by atoms with Crippen molar-refractivity contribution in [3.05, 3.63) is 41.5 Å². The quantitative estimate of drug-likeness (QED) is 0.357. The smallest absolute Gasteiger partial charge is 0.267 e. The topological polar surface area (TPSA) is 99.2 Å². The minimum atomic E-state index is -2.91. The normalized spacial score (nSPS) is 18.6. The number of carbonyl (C=O) groups is 1. The highest BCUT2D eigenvalue weighted by atomic mass is 32.1. The highest BCUT2D eigenvalue weighted by Gasteiger charge is 2.44. The molecule has 0 radical (unpaired) electrons. The van der Waals surface area contributed by atoms with E-state index < -0.39 is 36.2 Å². The van der Waals surface area contributed by atoms with Gasteiger partial charge in [-0.2, -0.15) is 0 Å². The second-order valence-corrected chi connectivity index (χ2v) is 9.84. The van der Waals surface area contributed by atoms with Crippen LogP contribution in [0.2, 0.25) is 0 Å². The Bertz CT molecular complexity index is 1180. The lowest BCUT2D eigenvalue weighted by molar-refractivity contribution is -0.00208. The van der Waals surface area contributed by atoms with Gasteiger partial charge in [-0.15, -0.1) is 11.3 Å². The molecule has 1 aliphatic carbocycles. The highest BCUT2D eigenvalue weighted by Crippen LogP contribution is 2.38. The number of amides is 1. The molecule has 0 saturated heterocycles. The summed E-state index contributed by atoms with van der Waals surface area (Å²) >= 11 is 1.48. The molecule has 7 nitrogen and oxygen atoms in total. The van der Waals surface area contributed by atoms with E-state index in [1.165, 1.54) is 37.4 Å². The standard InChI is InChI=1S/C23H26F3N5O2S/c1-22(2,33)18(24)11-28-21(32)14-10-27-20(9-16(14)31-19-4-3-7-23(19,25)26)30-13-5-6-15-17(8-13)34-12-29-15/h5-6,8-10,12,18-19,33H,3-4,7,11H2,1-2H3,(H,28,32)(H2,27,30,31). The summed E-state index contributed by atoms with van der Waals surface area (Å²) < 4.78 is 43.7. The molecule has 3 aromatic rings. The lowest BCUT2D eigenvalue weighted by atomic mass is 10.0.